The van der Waals surface area contributed by atoms with Crippen molar-refractivity contribution in [2.75, 3.05) is 31.0 Å². The highest BCUT2D eigenvalue weighted by Gasteiger charge is 2.20. The smallest absolute Gasteiger partial charge is 0.151 e. The Morgan fingerprint density at radius 3 is 1.55 bits per heavy atom. The molecular weight excluding hydrogens is 801 g/mol. The predicted molar refractivity (Wildman–Crippen MR) is 271 cm³/mol. The Bertz CT molecular complexity index is 3450. The molecule has 0 radical (unpaired) electrons. The molecule has 11 aromatic rings. The van der Waals surface area contributed by atoms with Crippen LogP contribution in [0.15, 0.2) is 188 Å². The van der Waals surface area contributed by atoms with Gasteiger partial charge in [-0.2, -0.15) is 0 Å². The van der Waals surface area contributed by atoms with Crippen molar-refractivity contribution in [3.8, 4) is 17.2 Å². The summed E-state index contributed by atoms with van der Waals surface area (Å²) in [5.41, 5.74) is 14.1. The van der Waals surface area contributed by atoms with E-state index in [4.69, 9.17) is 9.47 Å². The van der Waals surface area contributed by atoms with Crippen molar-refractivity contribution in [2.24, 2.45) is 14.1 Å². The van der Waals surface area contributed by atoms with Crippen molar-refractivity contribution in [1.29, 1.82) is 0 Å². The Kier molecular flexibility index (Phi) is 10.9. The fraction of sp³-hybridized carbons (Fsp3) is 0.0877. The first-order valence-electron chi connectivity index (χ1n) is 21.7. The van der Waals surface area contributed by atoms with Gasteiger partial charge in [0.2, 0.25) is 0 Å². The summed E-state index contributed by atoms with van der Waals surface area (Å²) in [4.78, 5) is 13.3. The van der Waals surface area contributed by atoms with Crippen LogP contribution >= 0.6 is 0 Å². The summed E-state index contributed by atoms with van der Waals surface area (Å²) in [6.45, 7) is 0. The van der Waals surface area contributed by atoms with Gasteiger partial charge in [0, 0.05) is 90.1 Å². The standard InChI is InChI=1S/C15H11N3.C15H13N.C14H13NO.C13H11NO/c1-18-12-5-3-2-4-10(12)14-13(18)7-6-11-15(14)17-9-8-16-11;1-16-14-8-4-2-6-12(14)10-11-13-7-3-5-9-15(13)16;1-15-13-6-4-3-5-11(13)12-9-10(16-2)7-8-14(12)15;1-14-10-6-2-4-8-12(10)15-13-9-5-3-7-11(13)14/h2-9H,1H3;2-11H,1H3;3-9H,1-2H3;2-9H,1H3. The molecule has 318 valence electrons. The first-order chi connectivity index (χ1) is 31.9. The second-order valence-electron chi connectivity index (χ2n) is 16.0. The van der Waals surface area contributed by atoms with E-state index in [1.807, 2.05) is 48.5 Å². The molecule has 8 aromatic carbocycles. The molecule has 0 N–H and O–H groups in total. The topological polar surface area (TPSA) is 60.6 Å². The van der Waals surface area contributed by atoms with E-state index in [-0.39, 0.29) is 0 Å². The van der Waals surface area contributed by atoms with E-state index < -0.39 is 0 Å². The summed E-state index contributed by atoms with van der Waals surface area (Å²) in [6, 6.07) is 60.2. The van der Waals surface area contributed by atoms with Gasteiger partial charge in [-0.1, -0.05) is 109 Å². The van der Waals surface area contributed by atoms with Crippen molar-refractivity contribution in [3.63, 3.8) is 0 Å². The maximum Gasteiger partial charge on any atom is 0.151 e. The van der Waals surface area contributed by atoms with E-state index in [1.54, 1.807) is 19.5 Å². The summed E-state index contributed by atoms with van der Waals surface area (Å²) in [5.74, 6) is 2.74. The molecule has 0 bridgehead atoms. The average molecular weight is 849 g/mol. The molecule has 0 amide bonds. The lowest BCUT2D eigenvalue weighted by Crippen LogP contribution is -2.15. The number of anilines is 4. The molecule has 13 rings (SSSR count). The van der Waals surface area contributed by atoms with Crippen molar-refractivity contribution >= 4 is 89.5 Å². The Labute approximate surface area is 378 Å². The number of hydrogen-bond acceptors (Lipinski definition) is 6. The van der Waals surface area contributed by atoms with Gasteiger partial charge in [0.15, 0.2) is 11.5 Å². The number of para-hydroxylation sites is 8. The molecule has 0 unspecified atom stereocenters. The summed E-state index contributed by atoms with van der Waals surface area (Å²) >= 11 is 0. The number of nitrogens with zero attached hydrogens (tertiary/aromatic N) is 6. The molecule has 8 heteroatoms. The largest absolute Gasteiger partial charge is 0.497 e. The minimum atomic E-state index is 0.906. The molecule has 2 aliphatic heterocycles. The van der Waals surface area contributed by atoms with E-state index >= 15 is 0 Å². The summed E-state index contributed by atoms with van der Waals surface area (Å²) in [7, 11) is 10.1. The third-order valence-corrected chi connectivity index (χ3v) is 12.3. The van der Waals surface area contributed by atoms with Gasteiger partial charge in [-0.3, -0.25) is 9.97 Å². The van der Waals surface area contributed by atoms with E-state index in [1.165, 1.54) is 66.1 Å². The lowest BCUT2D eigenvalue weighted by Gasteiger charge is -2.29. The van der Waals surface area contributed by atoms with Gasteiger partial charge < -0.3 is 28.4 Å². The summed E-state index contributed by atoms with van der Waals surface area (Å²) in [6.07, 6.45) is 7.85. The monoisotopic (exact) mass is 848 g/mol. The number of methoxy groups -OCH3 is 1. The highest BCUT2D eigenvalue weighted by atomic mass is 16.5. The number of benzene rings is 8. The zero-order valence-electron chi connectivity index (χ0n) is 37.1. The highest BCUT2D eigenvalue weighted by molar-refractivity contribution is 6.18. The number of fused-ring (bicyclic) bond motifs is 12. The van der Waals surface area contributed by atoms with E-state index in [0.717, 1.165) is 39.7 Å². The van der Waals surface area contributed by atoms with Crippen LogP contribution in [0.25, 0.3) is 66.8 Å². The Balaban J connectivity index is 0.000000102. The van der Waals surface area contributed by atoms with Crippen LogP contribution < -0.4 is 19.3 Å². The number of ether oxygens (including phenoxy) is 2. The van der Waals surface area contributed by atoms with E-state index in [9.17, 15) is 0 Å². The maximum atomic E-state index is 5.81. The Morgan fingerprint density at radius 1 is 0.431 bits per heavy atom. The van der Waals surface area contributed by atoms with Crippen molar-refractivity contribution in [3.05, 3.63) is 199 Å². The maximum absolute atomic E-state index is 5.81. The molecule has 8 nitrogen and oxygen atoms in total. The van der Waals surface area contributed by atoms with Crippen LogP contribution in [0, 0.1) is 0 Å². The fourth-order valence-electron chi connectivity index (χ4n) is 9.02. The molecule has 0 atom stereocenters. The van der Waals surface area contributed by atoms with E-state index in [0.29, 0.717) is 0 Å². The number of aromatic nitrogens is 4. The molecule has 3 aromatic heterocycles. The second kappa shape index (κ2) is 17.4. The van der Waals surface area contributed by atoms with Crippen LogP contribution in [0.3, 0.4) is 0 Å². The van der Waals surface area contributed by atoms with Crippen LogP contribution in [-0.4, -0.2) is 40.3 Å². The third kappa shape index (κ3) is 7.55. The quantitative estimate of drug-likeness (QED) is 0.164. The SMILES string of the molecule is CN1c2ccccc2C=Cc2ccccc21.CN1c2ccccc2Oc2ccccc21.COc1ccc2c(c1)c1ccccc1n2C.Cn1c2ccccc2c2c3nccnc3ccc21. The minimum Gasteiger partial charge on any atom is -0.497 e. The van der Waals surface area contributed by atoms with Crippen LogP contribution in [0.1, 0.15) is 11.1 Å². The van der Waals surface area contributed by atoms with Gasteiger partial charge in [0.05, 0.1) is 35.0 Å². The molecule has 5 heterocycles. The summed E-state index contributed by atoms with van der Waals surface area (Å²) < 4.78 is 15.5. The molecule has 0 fully saturated rings. The van der Waals surface area contributed by atoms with Gasteiger partial charge >= 0.3 is 0 Å². The first kappa shape index (κ1) is 40.7. The predicted octanol–water partition coefficient (Wildman–Crippen LogP) is 14.1. The molecule has 2 aliphatic rings. The van der Waals surface area contributed by atoms with Gasteiger partial charge in [-0.15, -0.1) is 0 Å². The van der Waals surface area contributed by atoms with Crippen molar-refractivity contribution < 1.29 is 9.47 Å². The lowest BCUT2D eigenvalue weighted by molar-refractivity contribution is 0.415. The Morgan fingerprint density at radius 2 is 0.908 bits per heavy atom. The average Bonchev–Trinajstić information content (AvgIpc) is 3.77. The molecule has 0 aliphatic carbocycles. The zero-order chi connectivity index (χ0) is 44.4. The van der Waals surface area contributed by atoms with Gasteiger partial charge in [-0.25, -0.2) is 0 Å². The molecule has 0 spiro atoms. The lowest BCUT2D eigenvalue weighted by atomic mass is 10.1. The highest BCUT2D eigenvalue weighted by Crippen LogP contribution is 2.45. The van der Waals surface area contributed by atoms with Crippen LogP contribution in [0.2, 0.25) is 0 Å². The van der Waals surface area contributed by atoms with E-state index in [2.05, 4.69) is 197 Å². The zero-order valence-corrected chi connectivity index (χ0v) is 37.1. The van der Waals surface area contributed by atoms with Gasteiger partial charge in [0.1, 0.15) is 5.75 Å². The van der Waals surface area contributed by atoms with Gasteiger partial charge in [0.25, 0.3) is 0 Å². The van der Waals surface area contributed by atoms with Crippen LogP contribution in [0.4, 0.5) is 22.7 Å². The fourth-order valence-corrected chi connectivity index (χ4v) is 9.02. The minimum absolute atomic E-state index is 0.906. The second-order valence-corrected chi connectivity index (χ2v) is 16.0. The molecule has 65 heavy (non-hydrogen) atoms. The van der Waals surface area contributed by atoms with Gasteiger partial charge in [-0.05, 0) is 90.0 Å². The van der Waals surface area contributed by atoms with Crippen LogP contribution in [0.5, 0.6) is 17.2 Å². The normalized spacial score (nSPS) is 12.1. The number of hydrogen-bond donors (Lipinski definition) is 0. The molecular formula is C57H48N6O2. The first-order valence-corrected chi connectivity index (χ1v) is 21.7. The van der Waals surface area contributed by atoms with Crippen molar-refractivity contribution in [2.45, 2.75) is 0 Å². The van der Waals surface area contributed by atoms with Crippen molar-refractivity contribution in [1.82, 2.24) is 19.1 Å². The molecule has 0 saturated carbocycles. The molecule has 0 saturated heterocycles. The number of aryl methyl sites for hydroxylation is 2. The van der Waals surface area contributed by atoms with Crippen LogP contribution in [-0.2, 0) is 14.1 Å². The third-order valence-electron chi connectivity index (χ3n) is 12.3. The Hall–Kier alpha value is -8.36. The summed E-state index contributed by atoms with van der Waals surface area (Å²) in [5, 5.41) is 4.95. The number of rotatable bonds is 1.